The highest BCUT2D eigenvalue weighted by atomic mass is 127. The number of aryl methyl sites for hydroxylation is 1. The first-order valence-corrected chi connectivity index (χ1v) is 8.63. The molecule has 25 heavy (non-hydrogen) atoms. The number of carbonyl (C=O) groups excluding carboxylic acids is 1. The van der Waals surface area contributed by atoms with Gasteiger partial charge in [0.05, 0.1) is 12.0 Å². The van der Waals surface area contributed by atoms with Crippen molar-refractivity contribution in [2.45, 2.75) is 65.0 Å². The summed E-state index contributed by atoms with van der Waals surface area (Å²) in [7, 11) is 0. The summed E-state index contributed by atoms with van der Waals surface area (Å²) < 4.78 is 5.47. The third-order valence-electron chi connectivity index (χ3n) is 4.05. The second-order valence-electron chi connectivity index (χ2n) is 7.55. The number of ether oxygens (including phenoxy) is 1. The maximum atomic E-state index is 12.1. The van der Waals surface area contributed by atoms with Gasteiger partial charge < -0.3 is 15.8 Å². The van der Waals surface area contributed by atoms with Crippen LogP contribution in [0.25, 0.3) is 0 Å². The molecule has 1 aromatic carbocycles. The SMILES string of the molecule is Cc1cccc(NC(N)=NC2CCC(C(=O)OC(C)(C)C)CC2)c1.I. The third kappa shape index (κ3) is 7.63. The van der Waals surface area contributed by atoms with Crippen molar-refractivity contribution in [2.75, 3.05) is 5.32 Å². The van der Waals surface area contributed by atoms with Crippen molar-refractivity contribution in [1.29, 1.82) is 0 Å². The van der Waals surface area contributed by atoms with Gasteiger partial charge in [-0.15, -0.1) is 24.0 Å². The van der Waals surface area contributed by atoms with Gasteiger partial charge in [-0.2, -0.15) is 0 Å². The topological polar surface area (TPSA) is 76.7 Å². The van der Waals surface area contributed by atoms with E-state index in [2.05, 4.69) is 10.3 Å². The van der Waals surface area contributed by atoms with Crippen molar-refractivity contribution >= 4 is 41.6 Å². The average Bonchev–Trinajstić information content (AvgIpc) is 2.46. The number of nitrogens with two attached hydrogens (primary N) is 1. The second-order valence-corrected chi connectivity index (χ2v) is 7.55. The van der Waals surface area contributed by atoms with Gasteiger partial charge in [0.15, 0.2) is 5.96 Å². The number of aliphatic imine (C=N–C) groups is 1. The zero-order valence-electron chi connectivity index (χ0n) is 15.5. The summed E-state index contributed by atoms with van der Waals surface area (Å²) in [4.78, 5) is 16.7. The number of guanidine groups is 1. The highest BCUT2D eigenvalue weighted by molar-refractivity contribution is 14.0. The molecule has 3 N–H and O–H groups in total. The van der Waals surface area contributed by atoms with Crippen LogP contribution in [0.2, 0.25) is 0 Å². The van der Waals surface area contributed by atoms with Gasteiger partial charge in [0.1, 0.15) is 5.60 Å². The summed E-state index contributed by atoms with van der Waals surface area (Å²) in [6, 6.07) is 8.19. The highest BCUT2D eigenvalue weighted by Crippen LogP contribution is 2.28. The molecular weight excluding hydrogens is 429 g/mol. The number of halogens is 1. The van der Waals surface area contributed by atoms with Crippen LogP contribution in [-0.4, -0.2) is 23.6 Å². The first-order chi connectivity index (χ1) is 11.2. The normalized spacial score (nSPS) is 21.2. The molecule has 5 nitrogen and oxygen atoms in total. The lowest BCUT2D eigenvalue weighted by Crippen LogP contribution is -2.32. The van der Waals surface area contributed by atoms with Crippen molar-refractivity contribution in [3.63, 3.8) is 0 Å². The molecule has 1 aromatic rings. The van der Waals surface area contributed by atoms with E-state index in [1.165, 1.54) is 5.56 Å². The first kappa shape index (κ1) is 21.7. The average molecular weight is 459 g/mol. The number of esters is 1. The fourth-order valence-corrected chi connectivity index (χ4v) is 2.93. The van der Waals surface area contributed by atoms with Crippen LogP contribution < -0.4 is 11.1 Å². The molecule has 0 aromatic heterocycles. The summed E-state index contributed by atoms with van der Waals surface area (Å²) in [6.07, 6.45) is 3.34. The van der Waals surface area contributed by atoms with E-state index >= 15 is 0 Å². The molecule has 0 bridgehead atoms. The molecule has 2 rings (SSSR count). The van der Waals surface area contributed by atoms with Gasteiger partial charge in [0.25, 0.3) is 0 Å². The van der Waals surface area contributed by atoms with Crippen molar-refractivity contribution in [3.05, 3.63) is 29.8 Å². The molecule has 1 saturated carbocycles. The minimum Gasteiger partial charge on any atom is -0.460 e. The predicted molar refractivity (Wildman–Crippen MR) is 113 cm³/mol. The number of benzene rings is 1. The number of anilines is 1. The molecule has 140 valence electrons. The number of nitrogens with zero attached hydrogens (tertiary/aromatic N) is 1. The van der Waals surface area contributed by atoms with Gasteiger partial charge in [-0.25, -0.2) is 4.99 Å². The van der Waals surface area contributed by atoms with Crippen LogP contribution in [0, 0.1) is 12.8 Å². The van der Waals surface area contributed by atoms with E-state index in [1.807, 2.05) is 52.0 Å². The molecule has 0 spiro atoms. The van der Waals surface area contributed by atoms with E-state index in [-0.39, 0.29) is 41.9 Å². The van der Waals surface area contributed by atoms with E-state index in [0.717, 1.165) is 31.4 Å². The Morgan fingerprint density at radius 2 is 1.88 bits per heavy atom. The summed E-state index contributed by atoms with van der Waals surface area (Å²) in [6.45, 7) is 7.74. The van der Waals surface area contributed by atoms with Gasteiger partial charge >= 0.3 is 5.97 Å². The first-order valence-electron chi connectivity index (χ1n) is 8.63. The number of rotatable bonds is 3. The molecule has 1 fully saturated rings. The molecule has 0 unspecified atom stereocenters. The van der Waals surface area contributed by atoms with Crippen LogP contribution in [-0.2, 0) is 9.53 Å². The lowest BCUT2D eigenvalue weighted by Gasteiger charge is -2.28. The number of carbonyl (C=O) groups is 1. The van der Waals surface area contributed by atoms with Crippen molar-refractivity contribution in [3.8, 4) is 0 Å². The Balaban J connectivity index is 0.00000312. The maximum absolute atomic E-state index is 12.1. The van der Waals surface area contributed by atoms with Crippen LogP contribution in [0.4, 0.5) is 5.69 Å². The second kappa shape index (κ2) is 9.40. The molecule has 1 aliphatic rings. The molecule has 0 saturated heterocycles. The lowest BCUT2D eigenvalue weighted by atomic mass is 9.86. The monoisotopic (exact) mass is 459 g/mol. The Kier molecular flexibility index (Phi) is 8.18. The van der Waals surface area contributed by atoms with Gasteiger partial charge in [0, 0.05) is 5.69 Å². The van der Waals surface area contributed by atoms with Crippen LogP contribution in [0.1, 0.15) is 52.0 Å². The highest BCUT2D eigenvalue weighted by Gasteiger charge is 2.29. The molecule has 1 aliphatic carbocycles. The Morgan fingerprint density at radius 1 is 1.24 bits per heavy atom. The molecule has 0 radical (unpaired) electrons. The van der Waals surface area contributed by atoms with E-state index in [1.54, 1.807) is 0 Å². The van der Waals surface area contributed by atoms with Gasteiger partial charge in [0.2, 0.25) is 0 Å². The fraction of sp³-hybridized carbons (Fsp3) is 0.579. The van der Waals surface area contributed by atoms with E-state index < -0.39 is 5.60 Å². The molecule has 0 aliphatic heterocycles. The summed E-state index contributed by atoms with van der Waals surface area (Å²) in [5.41, 5.74) is 7.70. The molecular formula is C19H30IN3O2. The Bertz CT molecular complexity index is 603. The summed E-state index contributed by atoms with van der Waals surface area (Å²) in [5, 5.41) is 3.13. The Labute approximate surface area is 167 Å². The Morgan fingerprint density at radius 3 is 2.44 bits per heavy atom. The van der Waals surface area contributed by atoms with Gasteiger partial charge in [-0.3, -0.25) is 4.79 Å². The molecule has 6 heteroatoms. The number of nitrogens with one attached hydrogen (secondary N) is 1. The van der Waals surface area contributed by atoms with Crippen LogP contribution in [0.15, 0.2) is 29.3 Å². The predicted octanol–water partition coefficient (Wildman–Crippen LogP) is 4.24. The lowest BCUT2D eigenvalue weighted by molar-refractivity contribution is -0.161. The summed E-state index contributed by atoms with van der Waals surface area (Å²) >= 11 is 0. The molecule has 0 amide bonds. The minimum absolute atomic E-state index is 0. The van der Waals surface area contributed by atoms with Gasteiger partial charge in [-0.1, -0.05) is 12.1 Å². The van der Waals surface area contributed by atoms with Crippen LogP contribution in [0.5, 0.6) is 0 Å². The third-order valence-corrected chi connectivity index (χ3v) is 4.05. The van der Waals surface area contributed by atoms with Crippen LogP contribution in [0.3, 0.4) is 0 Å². The van der Waals surface area contributed by atoms with Crippen molar-refractivity contribution < 1.29 is 9.53 Å². The van der Waals surface area contributed by atoms with Crippen molar-refractivity contribution in [2.24, 2.45) is 16.6 Å². The van der Waals surface area contributed by atoms with E-state index in [4.69, 9.17) is 10.5 Å². The number of hydrogen-bond donors (Lipinski definition) is 2. The van der Waals surface area contributed by atoms with E-state index in [9.17, 15) is 4.79 Å². The smallest absolute Gasteiger partial charge is 0.309 e. The molecule has 0 atom stereocenters. The van der Waals surface area contributed by atoms with E-state index in [0.29, 0.717) is 5.96 Å². The zero-order valence-corrected chi connectivity index (χ0v) is 17.9. The Hall–Kier alpha value is -1.31. The summed E-state index contributed by atoms with van der Waals surface area (Å²) in [5.74, 6) is 0.332. The maximum Gasteiger partial charge on any atom is 0.309 e. The fourth-order valence-electron chi connectivity index (χ4n) is 2.93. The van der Waals surface area contributed by atoms with Gasteiger partial charge in [-0.05, 0) is 71.1 Å². The zero-order chi connectivity index (χ0) is 17.7. The minimum atomic E-state index is -0.422. The van der Waals surface area contributed by atoms with Crippen molar-refractivity contribution in [1.82, 2.24) is 0 Å². The quantitative estimate of drug-likeness (QED) is 0.307. The largest absolute Gasteiger partial charge is 0.460 e. The standard InChI is InChI=1S/C19H29N3O2.HI/c1-13-6-5-7-16(12-13)22-18(20)21-15-10-8-14(9-11-15)17(23)24-19(2,3)4;/h5-7,12,14-15H,8-11H2,1-4H3,(H3,20,21,22);1H. The number of hydrogen-bond acceptors (Lipinski definition) is 3. The van der Waals surface area contributed by atoms with Crippen LogP contribution >= 0.6 is 24.0 Å². The molecule has 0 heterocycles.